The first-order valence-corrected chi connectivity index (χ1v) is 7.25. The van der Waals surface area contributed by atoms with Gasteiger partial charge < -0.3 is 15.8 Å². The Hall–Kier alpha value is -2.06. The van der Waals surface area contributed by atoms with Gasteiger partial charge in [0, 0.05) is 18.2 Å². The number of amides is 1. The normalized spacial score (nSPS) is 21.5. The molecule has 0 radical (unpaired) electrons. The fourth-order valence-corrected chi connectivity index (χ4v) is 2.94. The summed E-state index contributed by atoms with van der Waals surface area (Å²) in [5, 5.41) is 12.4. The lowest BCUT2D eigenvalue weighted by Gasteiger charge is -2.30. The molecule has 1 saturated carbocycles. The van der Waals surface area contributed by atoms with E-state index in [4.69, 9.17) is 15.7 Å². The summed E-state index contributed by atoms with van der Waals surface area (Å²) >= 11 is 0. The van der Waals surface area contributed by atoms with Crippen molar-refractivity contribution in [2.24, 2.45) is 11.7 Å². The van der Waals surface area contributed by atoms with Gasteiger partial charge in [0.15, 0.2) is 0 Å². The number of nitrogens with one attached hydrogen (secondary N) is 1. The second-order valence-corrected chi connectivity index (χ2v) is 5.42. The van der Waals surface area contributed by atoms with Gasteiger partial charge in [0.05, 0.1) is 24.7 Å². The Balaban J connectivity index is 2.08. The molecule has 0 heterocycles. The zero-order valence-corrected chi connectivity index (χ0v) is 12.3. The maximum atomic E-state index is 11.5. The summed E-state index contributed by atoms with van der Waals surface area (Å²) in [5.41, 5.74) is 7.00. The van der Waals surface area contributed by atoms with Crippen molar-refractivity contribution < 1.29 is 9.53 Å². The van der Waals surface area contributed by atoms with Crippen LogP contribution in [0.15, 0.2) is 18.2 Å². The van der Waals surface area contributed by atoms with E-state index in [1.165, 1.54) is 0 Å². The van der Waals surface area contributed by atoms with E-state index in [-0.39, 0.29) is 17.9 Å². The number of primary amides is 1. The molecule has 112 valence electrons. The van der Waals surface area contributed by atoms with E-state index in [0.717, 1.165) is 37.0 Å². The monoisotopic (exact) mass is 287 g/mol. The summed E-state index contributed by atoms with van der Waals surface area (Å²) < 4.78 is 5.32. The van der Waals surface area contributed by atoms with Crippen molar-refractivity contribution in [3.8, 4) is 11.8 Å². The zero-order chi connectivity index (χ0) is 15.2. The van der Waals surface area contributed by atoms with Gasteiger partial charge >= 0.3 is 0 Å². The predicted molar refractivity (Wildman–Crippen MR) is 79.5 cm³/mol. The number of hydrogen-bond acceptors (Lipinski definition) is 4. The molecule has 1 aromatic carbocycles. The Labute approximate surface area is 125 Å². The molecule has 0 unspecified atom stereocenters. The van der Waals surface area contributed by atoms with Crippen molar-refractivity contribution in [3.05, 3.63) is 29.3 Å². The first-order chi connectivity index (χ1) is 10.2. The number of benzene rings is 1. The van der Waals surface area contributed by atoms with Crippen molar-refractivity contribution in [1.82, 2.24) is 5.32 Å². The second kappa shape index (κ2) is 7.09. The van der Waals surface area contributed by atoms with Gasteiger partial charge in [-0.25, -0.2) is 0 Å². The van der Waals surface area contributed by atoms with Gasteiger partial charge in [-0.05, 0) is 31.0 Å². The van der Waals surface area contributed by atoms with Gasteiger partial charge in [0.1, 0.15) is 5.75 Å². The van der Waals surface area contributed by atoms with Crippen molar-refractivity contribution in [2.75, 3.05) is 7.11 Å². The Morgan fingerprint density at radius 2 is 2.24 bits per heavy atom. The van der Waals surface area contributed by atoms with Gasteiger partial charge in [0.25, 0.3) is 0 Å². The molecule has 5 heteroatoms. The van der Waals surface area contributed by atoms with E-state index in [2.05, 4.69) is 11.4 Å². The molecule has 0 bridgehead atoms. The lowest BCUT2D eigenvalue weighted by Crippen LogP contribution is -2.44. The lowest BCUT2D eigenvalue weighted by molar-refractivity contribution is -0.123. The largest absolute Gasteiger partial charge is 0.496 e. The number of nitrogens with two attached hydrogens (primary N) is 1. The maximum Gasteiger partial charge on any atom is 0.222 e. The maximum absolute atomic E-state index is 11.5. The van der Waals surface area contributed by atoms with Crippen LogP contribution in [0.25, 0.3) is 0 Å². The molecule has 1 fully saturated rings. The SMILES string of the molecule is COc1ccc(C#N)cc1CN[C@@H]1CCCC[C@@H]1C(N)=O. The van der Waals surface area contributed by atoms with Crippen LogP contribution in [0, 0.1) is 17.2 Å². The van der Waals surface area contributed by atoms with Crippen molar-refractivity contribution in [3.63, 3.8) is 0 Å². The zero-order valence-electron chi connectivity index (χ0n) is 12.3. The highest BCUT2D eigenvalue weighted by Gasteiger charge is 2.28. The number of methoxy groups -OCH3 is 1. The van der Waals surface area contributed by atoms with Crippen molar-refractivity contribution in [1.29, 1.82) is 5.26 Å². The van der Waals surface area contributed by atoms with Crippen LogP contribution in [-0.2, 0) is 11.3 Å². The highest BCUT2D eigenvalue weighted by atomic mass is 16.5. The standard InChI is InChI=1S/C16H21N3O2/c1-21-15-7-6-11(9-17)8-12(15)10-19-14-5-3-2-4-13(14)16(18)20/h6-8,13-14,19H,2-5,10H2,1H3,(H2,18,20)/t13-,14+/m0/s1. The van der Waals surface area contributed by atoms with E-state index in [9.17, 15) is 4.79 Å². The third-order valence-electron chi connectivity index (χ3n) is 4.10. The molecule has 1 aliphatic rings. The summed E-state index contributed by atoms with van der Waals surface area (Å²) in [6.07, 6.45) is 3.96. The minimum absolute atomic E-state index is 0.103. The number of nitrogens with zero attached hydrogens (tertiary/aromatic N) is 1. The molecule has 0 aromatic heterocycles. The van der Waals surface area contributed by atoms with Gasteiger partial charge in [-0.3, -0.25) is 4.79 Å². The third-order valence-corrected chi connectivity index (χ3v) is 4.10. The molecule has 0 saturated heterocycles. The Morgan fingerprint density at radius 1 is 1.48 bits per heavy atom. The predicted octanol–water partition coefficient (Wildman–Crippen LogP) is 1.70. The quantitative estimate of drug-likeness (QED) is 0.862. The van der Waals surface area contributed by atoms with E-state index in [0.29, 0.717) is 12.1 Å². The van der Waals surface area contributed by atoms with Crippen LogP contribution in [0.2, 0.25) is 0 Å². The molecule has 0 aliphatic heterocycles. The van der Waals surface area contributed by atoms with Gasteiger partial charge in [-0.15, -0.1) is 0 Å². The van der Waals surface area contributed by atoms with Gasteiger partial charge in [0.2, 0.25) is 5.91 Å². The van der Waals surface area contributed by atoms with Crippen molar-refractivity contribution >= 4 is 5.91 Å². The van der Waals surface area contributed by atoms with E-state index >= 15 is 0 Å². The Morgan fingerprint density at radius 3 is 2.90 bits per heavy atom. The Bertz CT molecular complexity index is 551. The summed E-state index contributed by atoms with van der Waals surface area (Å²) in [4.78, 5) is 11.5. The average Bonchev–Trinajstić information content (AvgIpc) is 2.52. The highest BCUT2D eigenvalue weighted by Crippen LogP contribution is 2.26. The van der Waals surface area contributed by atoms with Crippen molar-refractivity contribution in [2.45, 2.75) is 38.3 Å². The summed E-state index contributed by atoms with van der Waals surface area (Å²) in [7, 11) is 1.61. The lowest BCUT2D eigenvalue weighted by atomic mass is 9.84. The second-order valence-electron chi connectivity index (χ2n) is 5.42. The molecule has 1 amide bonds. The van der Waals surface area contributed by atoms with Gasteiger partial charge in [-0.1, -0.05) is 12.8 Å². The van der Waals surface area contributed by atoms with Crippen LogP contribution in [0.1, 0.15) is 36.8 Å². The number of hydrogen-bond donors (Lipinski definition) is 2. The molecule has 0 spiro atoms. The van der Waals surface area contributed by atoms with E-state index < -0.39 is 0 Å². The van der Waals surface area contributed by atoms with Crippen LogP contribution in [-0.4, -0.2) is 19.1 Å². The minimum atomic E-state index is -0.232. The third kappa shape index (κ3) is 3.73. The molecular formula is C16H21N3O2. The van der Waals surface area contributed by atoms with Crippen LogP contribution < -0.4 is 15.8 Å². The topological polar surface area (TPSA) is 88.1 Å². The smallest absolute Gasteiger partial charge is 0.222 e. The molecule has 2 rings (SSSR count). The van der Waals surface area contributed by atoms with Crippen LogP contribution >= 0.6 is 0 Å². The fourth-order valence-electron chi connectivity index (χ4n) is 2.94. The van der Waals surface area contributed by atoms with Gasteiger partial charge in [-0.2, -0.15) is 5.26 Å². The number of carbonyl (C=O) groups is 1. The molecule has 3 N–H and O–H groups in total. The summed E-state index contributed by atoms with van der Waals surface area (Å²) in [6.45, 7) is 0.563. The summed E-state index contributed by atoms with van der Waals surface area (Å²) in [6, 6.07) is 7.57. The highest BCUT2D eigenvalue weighted by molar-refractivity contribution is 5.77. The van der Waals surface area contributed by atoms with Crippen LogP contribution in [0.3, 0.4) is 0 Å². The first kappa shape index (κ1) is 15.3. The van der Waals surface area contributed by atoms with Crippen LogP contribution in [0.5, 0.6) is 5.75 Å². The molecule has 1 aromatic rings. The molecule has 5 nitrogen and oxygen atoms in total. The first-order valence-electron chi connectivity index (χ1n) is 7.25. The molecule has 1 aliphatic carbocycles. The summed E-state index contributed by atoms with van der Waals surface area (Å²) in [5.74, 6) is 0.404. The minimum Gasteiger partial charge on any atom is -0.496 e. The molecule has 21 heavy (non-hydrogen) atoms. The number of rotatable bonds is 5. The molecular weight excluding hydrogens is 266 g/mol. The average molecular weight is 287 g/mol. The van der Waals surface area contributed by atoms with Crippen LogP contribution in [0.4, 0.5) is 0 Å². The Kier molecular flexibility index (Phi) is 5.18. The fraction of sp³-hybridized carbons (Fsp3) is 0.500. The molecule has 2 atom stereocenters. The number of carbonyl (C=O) groups excluding carboxylic acids is 1. The van der Waals surface area contributed by atoms with E-state index in [1.807, 2.05) is 6.07 Å². The van der Waals surface area contributed by atoms with E-state index in [1.54, 1.807) is 19.2 Å². The number of nitriles is 1. The number of ether oxygens (including phenoxy) is 1.